The van der Waals surface area contributed by atoms with E-state index in [-0.39, 0.29) is 36.2 Å². The van der Waals surface area contributed by atoms with Gasteiger partial charge in [-0.15, -0.1) is 6.61 Å². The first kappa shape index (κ1) is 15.4. The van der Waals surface area contributed by atoms with E-state index < -0.39 is 0 Å². The van der Waals surface area contributed by atoms with Crippen LogP contribution in [-0.4, -0.2) is 6.61 Å². The second kappa shape index (κ2) is 10.0. The Morgan fingerprint density at radius 3 is 2.00 bits per heavy atom. The van der Waals surface area contributed by atoms with Crippen LogP contribution in [-0.2, 0) is 0 Å². The van der Waals surface area contributed by atoms with Crippen molar-refractivity contribution in [1.82, 2.24) is 0 Å². The Bertz CT molecular complexity index is 83.9. The average Bonchev–Trinajstić information content (AvgIpc) is 1.87. The van der Waals surface area contributed by atoms with Crippen molar-refractivity contribution in [1.29, 1.82) is 0 Å². The molecule has 0 aliphatic carbocycles. The van der Waals surface area contributed by atoms with Gasteiger partial charge in [0.1, 0.15) is 0 Å². The molecule has 0 rings (SSSR count). The van der Waals surface area contributed by atoms with E-state index in [1.807, 2.05) is 0 Å². The normalized spacial score (nSPS) is 12.8. The Morgan fingerprint density at radius 1 is 1.00 bits per heavy atom. The Hall–Kier alpha value is 0.960. The molecule has 0 saturated carbocycles. The Labute approximate surface area is 99.2 Å². The Kier molecular flexibility index (Phi) is 12.9. The third-order valence-corrected chi connectivity index (χ3v) is 2.09. The van der Waals surface area contributed by atoms with Crippen molar-refractivity contribution in [2.45, 2.75) is 46.5 Å². The van der Waals surface area contributed by atoms with Gasteiger partial charge in [-0.2, -0.15) is 0 Å². The zero-order chi connectivity index (χ0) is 8.69. The minimum atomic E-state index is 0. The van der Waals surface area contributed by atoms with Gasteiger partial charge in [0, 0.05) is 0 Å². The van der Waals surface area contributed by atoms with E-state index in [1.54, 1.807) is 0 Å². The first-order chi connectivity index (χ1) is 5.16. The van der Waals surface area contributed by atoms with E-state index >= 15 is 0 Å². The Morgan fingerprint density at radius 2 is 1.58 bits per heavy atom. The standard InChI is InChI=1S/C10H21O.Na/c1-9(2)5-4-6-10(3)7-8-11;/h9-10H,4-8H2,1-3H3;/q-1;+1. The van der Waals surface area contributed by atoms with Crippen LogP contribution in [0.5, 0.6) is 0 Å². The molecule has 1 atom stereocenters. The fourth-order valence-electron chi connectivity index (χ4n) is 1.22. The van der Waals surface area contributed by atoms with Crippen LogP contribution >= 0.6 is 0 Å². The average molecular weight is 180 g/mol. The zero-order valence-electron chi connectivity index (χ0n) is 9.10. The van der Waals surface area contributed by atoms with Crippen molar-refractivity contribution >= 4 is 0 Å². The van der Waals surface area contributed by atoms with Crippen molar-refractivity contribution in [2.24, 2.45) is 11.8 Å². The summed E-state index contributed by atoms with van der Waals surface area (Å²) >= 11 is 0. The van der Waals surface area contributed by atoms with Crippen LogP contribution in [0.2, 0.25) is 0 Å². The van der Waals surface area contributed by atoms with Gasteiger partial charge >= 0.3 is 29.6 Å². The predicted molar refractivity (Wildman–Crippen MR) is 47.3 cm³/mol. The van der Waals surface area contributed by atoms with E-state index in [9.17, 15) is 5.11 Å². The summed E-state index contributed by atoms with van der Waals surface area (Å²) in [6.45, 7) is 6.78. The van der Waals surface area contributed by atoms with E-state index in [1.165, 1.54) is 19.3 Å². The maximum Gasteiger partial charge on any atom is 1.00 e. The minimum absolute atomic E-state index is 0. The van der Waals surface area contributed by atoms with Crippen LogP contribution in [0.1, 0.15) is 46.5 Å². The molecule has 1 unspecified atom stereocenters. The minimum Gasteiger partial charge on any atom is -0.854 e. The van der Waals surface area contributed by atoms with Crippen LogP contribution < -0.4 is 34.7 Å². The van der Waals surface area contributed by atoms with Gasteiger partial charge in [-0.3, -0.25) is 0 Å². The molecule has 0 amide bonds. The summed E-state index contributed by atoms with van der Waals surface area (Å²) in [6, 6.07) is 0. The van der Waals surface area contributed by atoms with E-state index in [0.717, 1.165) is 12.3 Å². The van der Waals surface area contributed by atoms with Gasteiger partial charge in [0.15, 0.2) is 0 Å². The molecule has 2 heteroatoms. The summed E-state index contributed by atoms with van der Waals surface area (Å²) in [4.78, 5) is 0. The molecule has 0 aromatic rings. The maximum absolute atomic E-state index is 10.2. The summed E-state index contributed by atoms with van der Waals surface area (Å²) in [7, 11) is 0. The molecule has 0 aliphatic rings. The second-order valence-electron chi connectivity index (χ2n) is 3.92. The molecule has 0 bridgehead atoms. The van der Waals surface area contributed by atoms with E-state index in [0.29, 0.717) is 5.92 Å². The summed E-state index contributed by atoms with van der Waals surface area (Å²) in [5, 5.41) is 10.2. The van der Waals surface area contributed by atoms with Gasteiger partial charge in [0.25, 0.3) is 0 Å². The summed E-state index contributed by atoms with van der Waals surface area (Å²) in [5.41, 5.74) is 0. The van der Waals surface area contributed by atoms with Crippen molar-refractivity contribution < 1.29 is 34.7 Å². The van der Waals surface area contributed by atoms with Crippen molar-refractivity contribution in [3.8, 4) is 0 Å². The van der Waals surface area contributed by atoms with Crippen LogP contribution in [0.4, 0.5) is 0 Å². The number of hydrogen-bond acceptors (Lipinski definition) is 1. The largest absolute Gasteiger partial charge is 1.00 e. The van der Waals surface area contributed by atoms with Gasteiger partial charge in [-0.1, -0.05) is 46.5 Å². The fourth-order valence-corrected chi connectivity index (χ4v) is 1.22. The molecule has 0 N–H and O–H groups in total. The fraction of sp³-hybridized carbons (Fsp3) is 1.00. The van der Waals surface area contributed by atoms with Gasteiger partial charge in [-0.25, -0.2) is 0 Å². The molecule has 0 aromatic carbocycles. The van der Waals surface area contributed by atoms with Crippen molar-refractivity contribution in [3.05, 3.63) is 0 Å². The van der Waals surface area contributed by atoms with Crippen molar-refractivity contribution in [2.75, 3.05) is 6.61 Å². The van der Waals surface area contributed by atoms with Gasteiger partial charge in [0.2, 0.25) is 0 Å². The Balaban J connectivity index is 0. The van der Waals surface area contributed by atoms with E-state index in [4.69, 9.17) is 0 Å². The third kappa shape index (κ3) is 11.0. The first-order valence-electron chi connectivity index (χ1n) is 4.75. The molecule has 1 nitrogen and oxygen atoms in total. The van der Waals surface area contributed by atoms with Gasteiger partial charge in [0.05, 0.1) is 0 Å². The van der Waals surface area contributed by atoms with Gasteiger partial charge < -0.3 is 5.11 Å². The van der Waals surface area contributed by atoms with Crippen LogP contribution in [0.25, 0.3) is 0 Å². The third-order valence-electron chi connectivity index (χ3n) is 2.09. The molecule has 0 radical (unpaired) electrons. The smallest absolute Gasteiger partial charge is 0.854 e. The molecule has 12 heavy (non-hydrogen) atoms. The summed E-state index contributed by atoms with van der Waals surface area (Å²) < 4.78 is 0. The molecule has 0 fully saturated rings. The van der Waals surface area contributed by atoms with Gasteiger partial charge in [-0.05, 0) is 11.8 Å². The monoisotopic (exact) mass is 180 g/mol. The van der Waals surface area contributed by atoms with E-state index in [2.05, 4.69) is 20.8 Å². The number of hydrogen-bond donors (Lipinski definition) is 0. The quantitative estimate of drug-likeness (QED) is 0.491. The molecule has 0 aliphatic heterocycles. The molecule has 0 saturated heterocycles. The zero-order valence-corrected chi connectivity index (χ0v) is 11.1. The second-order valence-corrected chi connectivity index (χ2v) is 3.92. The van der Waals surface area contributed by atoms with Crippen LogP contribution in [0.15, 0.2) is 0 Å². The maximum atomic E-state index is 10.2. The number of rotatable bonds is 6. The van der Waals surface area contributed by atoms with Crippen LogP contribution in [0, 0.1) is 11.8 Å². The molecular formula is C10H21NaO. The molecule has 0 spiro atoms. The topological polar surface area (TPSA) is 23.1 Å². The SMILES string of the molecule is CC(C)CCCC(C)CC[O-].[Na+]. The summed E-state index contributed by atoms with van der Waals surface area (Å²) in [5.74, 6) is 1.46. The van der Waals surface area contributed by atoms with Crippen molar-refractivity contribution in [3.63, 3.8) is 0 Å². The molecule has 68 valence electrons. The summed E-state index contributed by atoms with van der Waals surface area (Å²) in [6.07, 6.45) is 4.69. The first-order valence-corrected chi connectivity index (χ1v) is 4.75. The molecular weight excluding hydrogens is 159 g/mol. The van der Waals surface area contributed by atoms with Crippen LogP contribution in [0.3, 0.4) is 0 Å². The predicted octanol–water partition coefficient (Wildman–Crippen LogP) is -0.797. The molecule has 0 heterocycles. The molecule has 0 aromatic heterocycles.